The second-order valence-corrected chi connectivity index (χ2v) is 4.22. The molecule has 2 N–H and O–H groups in total. The molecule has 1 aliphatic heterocycles. The lowest BCUT2D eigenvalue weighted by Crippen LogP contribution is -2.42. The van der Waals surface area contributed by atoms with Crippen LogP contribution in [0.15, 0.2) is 16.5 Å². The van der Waals surface area contributed by atoms with Gasteiger partial charge in [0, 0.05) is 20.2 Å². The quantitative estimate of drug-likeness (QED) is 0.852. The zero-order valence-electron chi connectivity index (χ0n) is 10.0. The van der Waals surface area contributed by atoms with Gasteiger partial charge in [0.25, 0.3) is 5.91 Å². The van der Waals surface area contributed by atoms with Gasteiger partial charge in [-0.05, 0) is 25.0 Å². The Kier molecular flexibility index (Phi) is 3.81. The summed E-state index contributed by atoms with van der Waals surface area (Å²) < 4.78 is 10.6. The van der Waals surface area contributed by atoms with E-state index in [1.807, 2.05) is 0 Å². The van der Waals surface area contributed by atoms with Gasteiger partial charge < -0.3 is 19.8 Å². The van der Waals surface area contributed by atoms with E-state index in [1.165, 1.54) is 0 Å². The number of carbonyl (C=O) groups excluding carboxylic acids is 1. The predicted octanol–water partition coefficient (Wildman–Crippen LogP) is 0.989. The van der Waals surface area contributed by atoms with E-state index in [2.05, 4.69) is 0 Å². The van der Waals surface area contributed by atoms with Crippen molar-refractivity contribution in [2.75, 3.05) is 20.2 Å². The zero-order valence-corrected chi connectivity index (χ0v) is 10.0. The molecule has 1 atom stereocenters. The van der Waals surface area contributed by atoms with Crippen LogP contribution in [0.1, 0.15) is 29.2 Å². The van der Waals surface area contributed by atoms with Gasteiger partial charge in [-0.3, -0.25) is 4.79 Å². The SMILES string of the molecule is CO[C@H]1CCCN(C(=O)c2ccc(CN)o2)C1. The van der Waals surface area contributed by atoms with Crippen LogP contribution in [0.4, 0.5) is 0 Å². The molecule has 1 fully saturated rings. The first-order valence-corrected chi connectivity index (χ1v) is 5.85. The first kappa shape index (κ1) is 12.1. The number of rotatable bonds is 3. The first-order chi connectivity index (χ1) is 8.24. The molecule has 1 saturated heterocycles. The van der Waals surface area contributed by atoms with Crippen molar-refractivity contribution >= 4 is 5.91 Å². The molecule has 0 bridgehead atoms. The van der Waals surface area contributed by atoms with Crippen LogP contribution < -0.4 is 5.73 Å². The Morgan fingerprint density at radius 2 is 2.47 bits per heavy atom. The van der Waals surface area contributed by atoms with Crippen molar-refractivity contribution in [3.8, 4) is 0 Å². The Morgan fingerprint density at radius 3 is 3.12 bits per heavy atom. The molecule has 0 spiro atoms. The number of methoxy groups -OCH3 is 1. The summed E-state index contributed by atoms with van der Waals surface area (Å²) >= 11 is 0. The maximum Gasteiger partial charge on any atom is 0.289 e. The number of nitrogens with two attached hydrogens (primary N) is 1. The van der Waals surface area contributed by atoms with Gasteiger partial charge in [0.15, 0.2) is 5.76 Å². The number of nitrogens with zero attached hydrogens (tertiary/aromatic N) is 1. The topological polar surface area (TPSA) is 68.7 Å². The molecule has 0 saturated carbocycles. The minimum Gasteiger partial charge on any atom is -0.455 e. The molecule has 0 aromatic carbocycles. The average Bonchev–Trinajstić information content (AvgIpc) is 2.86. The lowest BCUT2D eigenvalue weighted by atomic mass is 10.1. The highest BCUT2D eigenvalue weighted by Gasteiger charge is 2.25. The van der Waals surface area contributed by atoms with Crippen LogP contribution in [-0.2, 0) is 11.3 Å². The van der Waals surface area contributed by atoms with E-state index in [-0.39, 0.29) is 12.0 Å². The van der Waals surface area contributed by atoms with Gasteiger partial charge >= 0.3 is 0 Å². The number of ether oxygens (including phenoxy) is 1. The Morgan fingerprint density at radius 1 is 1.65 bits per heavy atom. The van der Waals surface area contributed by atoms with Gasteiger partial charge in [0.05, 0.1) is 12.6 Å². The highest BCUT2D eigenvalue weighted by Crippen LogP contribution is 2.17. The fraction of sp³-hybridized carbons (Fsp3) is 0.583. The van der Waals surface area contributed by atoms with E-state index in [1.54, 1.807) is 24.1 Å². The average molecular weight is 238 g/mol. The number of likely N-dealkylation sites (tertiary alicyclic amines) is 1. The van der Waals surface area contributed by atoms with Crippen molar-refractivity contribution in [3.05, 3.63) is 23.7 Å². The first-order valence-electron chi connectivity index (χ1n) is 5.85. The minimum absolute atomic E-state index is 0.0774. The summed E-state index contributed by atoms with van der Waals surface area (Å²) in [4.78, 5) is 13.9. The molecule has 17 heavy (non-hydrogen) atoms. The molecule has 94 valence electrons. The van der Waals surface area contributed by atoms with Crippen molar-refractivity contribution in [1.29, 1.82) is 0 Å². The van der Waals surface area contributed by atoms with Crippen molar-refractivity contribution in [2.24, 2.45) is 5.73 Å². The monoisotopic (exact) mass is 238 g/mol. The normalized spacial score (nSPS) is 20.6. The summed E-state index contributed by atoms with van der Waals surface area (Å²) in [5.41, 5.74) is 5.45. The van der Waals surface area contributed by atoms with E-state index < -0.39 is 0 Å². The van der Waals surface area contributed by atoms with E-state index in [9.17, 15) is 4.79 Å². The lowest BCUT2D eigenvalue weighted by Gasteiger charge is -2.31. The van der Waals surface area contributed by atoms with E-state index in [0.717, 1.165) is 19.4 Å². The molecule has 1 aromatic heterocycles. The summed E-state index contributed by atoms with van der Waals surface area (Å²) in [7, 11) is 1.68. The summed E-state index contributed by atoms with van der Waals surface area (Å²) in [5.74, 6) is 0.919. The summed E-state index contributed by atoms with van der Waals surface area (Å²) in [6.07, 6.45) is 2.11. The summed E-state index contributed by atoms with van der Waals surface area (Å²) in [6, 6.07) is 3.42. The van der Waals surface area contributed by atoms with Crippen molar-refractivity contribution < 1.29 is 13.9 Å². The van der Waals surface area contributed by atoms with Crippen LogP contribution in [0.3, 0.4) is 0 Å². The number of hydrogen-bond donors (Lipinski definition) is 1. The maximum atomic E-state index is 12.1. The van der Waals surface area contributed by atoms with Crippen molar-refractivity contribution in [2.45, 2.75) is 25.5 Å². The number of amides is 1. The molecular formula is C12H18N2O3. The Balaban J connectivity index is 2.03. The van der Waals surface area contributed by atoms with Crippen LogP contribution in [0.25, 0.3) is 0 Å². The van der Waals surface area contributed by atoms with Gasteiger partial charge in [-0.25, -0.2) is 0 Å². The minimum atomic E-state index is -0.0774. The molecule has 1 aromatic rings. The fourth-order valence-electron chi connectivity index (χ4n) is 2.07. The van der Waals surface area contributed by atoms with E-state index in [4.69, 9.17) is 14.9 Å². The Hall–Kier alpha value is -1.33. The van der Waals surface area contributed by atoms with E-state index >= 15 is 0 Å². The maximum absolute atomic E-state index is 12.1. The number of piperidine rings is 1. The third-order valence-electron chi connectivity index (χ3n) is 3.07. The Labute approximate surface area is 101 Å². The predicted molar refractivity (Wildman–Crippen MR) is 62.5 cm³/mol. The highest BCUT2D eigenvalue weighted by molar-refractivity contribution is 5.91. The highest BCUT2D eigenvalue weighted by atomic mass is 16.5. The van der Waals surface area contributed by atoms with Crippen molar-refractivity contribution in [1.82, 2.24) is 4.90 Å². The largest absolute Gasteiger partial charge is 0.455 e. The van der Waals surface area contributed by atoms with Gasteiger partial charge in [0.2, 0.25) is 0 Å². The van der Waals surface area contributed by atoms with E-state index in [0.29, 0.717) is 24.6 Å². The second kappa shape index (κ2) is 5.33. The van der Waals surface area contributed by atoms with Gasteiger partial charge in [0.1, 0.15) is 5.76 Å². The van der Waals surface area contributed by atoms with Crippen molar-refractivity contribution in [3.63, 3.8) is 0 Å². The molecule has 2 heterocycles. The van der Waals surface area contributed by atoms with Crippen LogP contribution in [-0.4, -0.2) is 37.1 Å². The molecule has 0 radical (unpaired) electrons. The molecule has 2 rings (SSSR count). The standard InChI is InChI=1S/C12H18N2O3/c1-16-10-3-2-6-14(8-10)12(15)11-5-4-9(7-13)17-11/h4-5,10H,2-3,6-8,13H2,1H3/t10-/m0/s1. The van der Waals surface area contributed by atoms with Gasteiger partial charge in [-0.2, -0.15) is 0 Å². The third-order valence-corrected chi connectivity index (χ3v) is 3.07. The smallest absolute Gasteiger partial charge is 0.289 e. The number of hydrogen-bond acceptors (Lipinski definition) is 4. The molecule has 1 amide bonds. The number of furan rings is 1. The summed E-state index contributed by atoms with van der Waals surface area (Å²) in [5, 5.41) is 0. The van der Waals surface area contributed by atoms with Crippen LogP contribution >= 0.6 is 0 Å². The molecule has 5 heteroatoms. The fourth-order valence-corrected chi connectivity index (χ4v) is 2.07. The molecule has 0 unspecified atom stereocenters. The van der Waals surface area contributed by atoms with Crippen LogP contribution in [0.2, 0.25) is 0 Å². The number of carbonyl (C=O) groups is 1. The molecule has 5 nitrogen and oxygen atoms in total. The van der Waals surface area contributed by atoms with Crippen LogP contribution in [0, 0.1) is 0 Å². The lowest BCUT2D eigenvalue weighted by molar-refractivity contribution is 0.0251. The zero-order chi connectivity index (χ0) is 12.3. The van der Waals surface area contributed by atoms with Gasteiger partial charge in [-0.15, -0.1) is 0 Å². The molecule has 0 aliphatic carbocycles. The molecule has 1 aliphatic rings. The third kappa shape index (κ3) is 2.68. The van der Waals surface area contributed by atoms with Crippen LogP contribution in [0.5, 0.6) is 0 Å². The second-order valence-electron chi connectivity index (χ2n) is 4.22. The Bertz CT molecular complexity index is 389. The van der Waals surface area contributed by atoms with Gasteiger partial charge in [-0.1, -0.05) is 0 Å². The molecular weight excluding hydrogens is 220 g/mol. The summed E-state index contributed by atoms with van der Waals surface area (Å²) in [6.45, 7) is 1.71.